The molecule has 3 aromatic heterocycles. The van der Waals surface area contributed by atoms with Crippen LogP contribution in [0.1, 0.15) is 11.3 Å². The Morgan fingerprint density at radius 3 is 2.13 bits per heavy atom. The first-order chi connectivity index (χ1) is 14.6. The van der Waals surface area contributed by atoms with Crippen LogP contribution in [0.15, 0.2) is 67.4 Å². The van der Waals surface area contributed by atoms with Crippen LogP contribution in [0, 0.1) is 0 Å². The third-order valence-electron chi connectivity index (χ3n) is 4.28. The van der Waals surface area contributed by atoms with Crippen molar-refractivity contribution in [3.05, 3.63) is 78.6 Å². The molecule has 0 unspecified atom stereocenters. The van der Waals surface area contributed by atoms with Crippen LogP contribution in [0.2, 0.25) is 0 Å². The van der Waals surface area contributed by atoms with Crippen LogP contribution in [0.4, 0.5) is 26.3 Å². The van der Waals surface area contributed by atoms with Gasteiger partial charge in [-0.05, 0) is 30.3 Å². The van der Waals surface area contributed by atoms with Gasteiger partial charge in [-0.25, -0.2) is 15.0 Å². The van der Waals surface area contributed by atoms with Crippen molar-refractivity contribution < 1.29 is 26.3 Å². The second-order valence-corrected chi connectivity index (χ2v) is 6.42. The fourth-order valence-corrected chi connectivity index (χ4v) is 2.77. The van der Waals surface area contributed by atoms with Crippen molar-refractivity contribution in [3.8, 4) is 28.5 Å². The summed E-state index contributed by atoms with van der Waals surface area (Å²) in [5, 5.41) is 0. The van der Waals surface area contributed by atoms with Gasteiger partial charge in [0.1, 0.15) is 6.33 Å². The van der Waals surface area contributed by atoms with Crippen molar-refractivity contribution in [1.82, 2.24) is 24.5 Å². The van der Waals surface area contributed by atoms with Gasteiger partial charge in [0.2, 0.25) is 5.95 Å². The number of nitrogens with zero attached hydrogens (tertiary/aromatic N) is 5. The normalized spacial score (nSPS) is 12.2. The van der Waals surface area contributed by atoms with Crippen molar-refractivity contribution >= 4 is 0 Å². The van der Waals surface area contributed by atoms with Crippen molar-refractivity contribution in [2.45, 2.75) is 12.4 Å². The maximum Gasteiger partial charge on any atom is 0.433 e. The molecule has 4 aromatic rings. The highest BCUT2D eigenvalue weighted by molar-refractivity contribution is 5.61. The number of hydrogen-bond donors (Lipinski definition) is 0. The maximum atomic E-state index is 13.4. The van der Waals surface area contributed by atoms with E-state index in [9.17, 15) is 26.3 Å². The highest BCUT2D eigenvalue weighted by Crippen LogP contribution is 2.33. The molecule has 158 valence electrons. The average molecular weight is 435 g/mol. The van der Waals surface area contributed by atoms with Gasteiger partial charge in [-0.1, -0.05) is 12.1 Å². The van der Waals surface area contributed by atoms with Gasteiger partial charge in [0.05, 0.1) is 17.0 Å². The Kier molecular flexibility index (Phi) is 4.96. The van der Waals surface area contributed by atoms with Gasteiger partial charge >= 0.3 is 12.4 Å². The second-order valence-electron chi connectivity index (χ2n) is 6.42. The summed E-state index contributed by atoms with van der Waals surface area (Å²) in [7, 11) is 0. The van der Waals surface area contributed by atoms with Gasteiger partial charge in [0, 0.05) is 29.7 Å². The Hall–Kier alpha value is -3.76. The Labute approximate surface area is 171 Å². The van der Waals surface area contributed by atoms with Crippen LogP contribution in [-0.4, -0.2) is 24.5 Å². The van der Waals surface area contributed by atoms with Gasteiger partial charge in [-0.15, -0.1) is 0 Å². The number of rotatable bonds is 3. The number of pyridine rings is 1. The lowest BCUT2D eigenvalue weighted by Crippen LogP contribution is -2.12. The predicted molar refractivity (Wildman–Crippen MR) is 97.8 cm³/mol. The number of halogens is 6. The Balaban J connectivity index is 1.78. The van der Waals surface area contributed by atoms with Crippen molar-refractivity contribution in [3.63, 3.8) is 0 Å². The third-order valence-corrected chi connectivity index (χ3v) is 4.28. The Bertz CT molecular complexity index is 1200. The molecule has 0 N–H and O–H groups in total. The molecule has 0 bridgehead atoms. The van der Waals surface area contributed by atoms with Gasteiger partial charge in [0.15, 0.2) is 5.69 Å². The van der Waals surface area contributed by atoms with E-state index in [1.165, 1.54) is 23.3 Å². The van der Waals surface area contributed by atoms with Crippen LogP contribution < -0.4 is 0 Å². The summed E-state index contributed by atoms with van der Waals surface area (Å²) < 4.78 is 79.7. The molecule has 0 fully saturated rings. The molecule has 11 heteroatoms. The minimum atomic E-state index is -4.79. The third kappa shape index (κ3) is 4.39. The first-order valence-electron chi connectivity index (χ1n) is 8.70. The molecule has 0 radical (unpaired) electrons. The number of aromatic nitrogens is 5. The zero-order valence-electron chi connectivity index (χ0n) is 15.4. The summed E-state index contributed by atoms with van der Waals surface area (Å²) in [5.74, 6) is -0.327. The predicted octanol–water partition coefficient (Wildman–Crippen LogP) is 5.43. The lowest BCUT2D eigenvalue weighted by molar-refractivity contribution is -0.141. The van der Waals surface area contributed by atoms with E-state index in [0.29, 0.717) is 17.3 Å². The van der Waals surface area contributed by atoms with Crippen molar-refractivity contribution in [1.29, 1.82) is 0 Å². The zero-order valence-corrected chi connectivity index (χ0v) is 15.4. The van der Waals surface area contributed by atoms with Crippen LogP contribution in [-0.2, 0) is 12.4 Å². The molecule has 0 amide bonds. The molecule has 1 aromatic carbocycles. The van der Waals surface area contributed by atoms with Crippen molar-refractivity contribution in [2.24, 2.45) is 0 Å². The standard InChI is InChI=1S/C20H11F6N5/c21-19(22,23)14-5-3-12(4-6-14)15-8-17(20(24,25)26)30-18(29-15)31-10-16(28-11-31)13-2-1-7-27-9-13/h1-11H. The molecule has 0 aliphatic heterocycles. The lowest BCUT2D eigenvalue weighted by Gasteiger charge is -2.12. The van der Waals surface area contributed by atoms with E-state index in [4.69, 9.17) is 0 Å². The van der Waals surface area contributed by atoms with Crippen molar-refractivity contribution in [2.75, 3.05) is 0 Å². The van der Waals surface area contributed by atoms with E-state index in [1.807, 2.05) is 0 Å². The summed E-state index contributed by atoms with van der Waals surface area (Å²) >= 11 is 0. The summed E-state index contributed by atoms with van der Waals surface area (Å²) in [6, 6.07) is 7.77. The van der Waals surface area contributed by atoms with E-state index in [-0.39, 0.29) is 17.2 Å². The quantitative estimate of drug-likeness (QED) is 0.403. The van der Waals surface area contributed by atoms with Crippen LogP contribution in [0.25, 0.3) is 28.5 Å². The Morgan fingerprint density at radius 1 is 0.774 bits per heavy atom. The summed E-state index contributed by atoms with van der Waals surface area (Å²) in [6.45, 7) is 0. The molecule has 0 spiro atoms. The highest BCUT2D eigenvalue weighted by Gasteiger charge is 2.34. The summed E-state index contributed by atoms with van der Waals surface area (Å²) in [5.41, 5.74) is -1.18. The molecular weight excluding hydrogens is 424 g/mol. The first-order valence-corrected chi connectivity index (χ1v) is 8.70. The van der Waals surface area contributed by atoms with E-state index in [2.05, 4.69) is 19.9 Å². The number of hydrogen-bond acceptors (Lipinski definition) is 4. The smallest absolute Gasteiger partial charge is 0.274 e. The van der Waals surface area contributed by atoms with E-state index < -0.39 is 23.6 Å². The zero-order chi connectivity index (χ0) is 22.2. The first kappa shape index (κ1) is 20.5. The number of imidazole rings is 1. The SMILES string of the molecule is FC(F)(F)c1ccc(-c2cc(C(F)(F)F)nc(-n3cnc(-c4cccnc4)c3)n2)cc1. The monoisotopic (exact) mass is 435 g/mol. The lowest BCUT2D eigenvalue weighted by atomic mass is 10.1. The summed E-state index contributed by atoms with van der Waals surface area (Å²) in [6.07, 6.45) is -3.57. The average Bonchev–Trinajstić information content (AvgIpc) is 3.23. The fourth-order valence-electron chi connectivity index (χ4n) is 2.77. The minimum absolute atomic E-state index is 0.0785. The van der Waals surface area contributed by atoms with Crippen LogP contribution in [0.5, 0.6) is 0 Å². The van der Waals surface area contributed by atoms with E-state index in [1.54, 1.807) is 18.3 Å². The van der Waals surface area contributed by atoms with Crippen LogP contribution in [0.3, 0.4) is 0 Å². The molecule has 0 aliphatic rings. The number of benzene rings is 1. The Morgan fingerprint density at radius 2 is 1.52 bits per heavy atom. The van der Waals surface area contributed by atoms with E-state index in [0.717, 1.165) is 24.3 Å². The fraction of sp³-hybridized carbons (Fsp3) is 0.100. The minimum Gasteiger partial charge on any atom is -0.274 e. The maximum absolute atomic E-state index is 13.4. The number of alkyl halides is 6. The molecule has 5 nitrogen and oxygen atoms in total. The highest BCUT2D eigenvalue weighted by atomic mass is 19.4. The molecule has 0 atom stereocenters. The summed E-state index contributed by atoms with van der Waals surface area (Å²) in [4.78, 5) is 15.7. The second kappa shape index (κ2) is 7.49. The van der Waals surface area contributed by atoms with Gasteiger partial charge in [0.25, 0.3) is 0 Å². The molecule has 0 aliphatic carbocycles. The van der Waals surface area contributed by atoms with Crippen LogP contribution >= 0.6 is 0 Å². The van der Waals surface area contributed by atoms with Gasteiger partial charge in [-0.2, -0.15) is 26.3 Å². The van der Waals surface area contributed by atoms with E-state index >= 15 is 0 Å². The molecular formula is C20H11F6N5. The van der Waals surface area contributed by atoms with Gasteiger partial charge < -0.3 is 0 Å². The molecule has 0 saturated heterocycles. The largest absolute Gasteiger partial charge is 0.433 e. The molecule has 3 heterocycles. The molecule has 31 heavy (non-hydrogen) atoms. The molecule has 4 rings (SSSR count). The molecule has 0 saturated carbocycles. The topological polar surface area (TPSA) is 56.5 Å². The van der Waals surface area contributed by atoms with Gasteiger partial charge in [-0.3, -0.25) is 9.55 Å².